The van der Waals surface area contributed by atoms with Gasteiger partial charge in [0.2, 0.25) is 5.89 Å². The smallest absolute Gasteiger partial charge is 0.277 e. The predicted molar refractivity (Wildman–Crippen MR) is 124 cm³/mol. The molecule has 6 nitrogen and oxygen atoms in total. The molecule has 31 heavy (non-hydrogen) atoms. The lowest BCUT2D eigenvalue weighted by Gasteiger charge is -2.07. The third-order valence-corrected chi connectivity index (χ3v) is 6.85. The van der Waals surface area contributed by atoms with Crippen molar-refractivity contribution < 1.29 is 13.9 Å². The Bertz CT molecular complexity index is 1150. The number of methoxy groups -OCH3 is 2. The van der Waals surface area contributed by atoms with Gasteiger partial charge in [-0.15, -0.1) is 21.5 Å². The monoisotopic (exact) mass is 453 g/mol. The highest BCUT2D eigenvalue weighted by molar-refractivity contribution is 7.98. The maximum absolute atomic E-state index is 5.82. The molecule has 0 fully saturated rings. The summed E-state index contributed by atoms with van der Waals surface area (Å²) in [7, 11) is 3.20. The lowest BCUT2D eigenvalue weighted by Crippen LogP contribution is -1.90. The maximum Gasteiger partial charge on any atom is 0.277 e. The van der Waals surface area contributed by atoms with E-state index in [1.807, 2.05) is 24.4 Å². The van der Waals surface area contributed by atoms with Crippen molar-refractivity contribution in [2.75, 3.05) is 14.2 Å². The highest BCUT2D eigenvalue weighted by Crippen LogP contribution is 2.34. The van der Waals surface area contributed by atoms with Crippen molar-refractivity contribution in [3.63, 3.8) is 0 Å². The van der Waals surface area contributed by atoms with E-state index in [1.165, 1.54) is 17.3 Å². The largest absolute Gasteiger partial charge is 0.493 e. The Labute approximate surface area is 189 Å². The van der Waals surface area contributed by atoms with E-state index in [0.29, 0.717) is 28.5 Å². The number of rotatable bonds is 8. The number of ether oxygens (including phenoxy) is 2. The Balaban J connectivity index is 1.41. The molecule has 0 amide bonds. The van der Waals surface area contributed by atoms with Gasteiger partial charge in [0.25, 0.3) is 5.22 Å². The molecule has 0 unspecified atom stereocenters. The van der Waals surface area contributed by atoms with Crippen LogP contribution in [0.25, 0.3) is 22.0 Å². The molecule has 0 saturated carbocycles. The molecule has 2 heterocycles. The van der Waals surface area contributed by atoms with Gasteiger partial charge in [-0.2, -0.15) is 0 Å². The van der Waals surface area contributed by atoms with Crippen LogP contribution in [0, 0.1) is 0 Å². The van der Waals surface area contributed by atoms with Crippen molar-refractivity contribution in [2.45, 2.75) is 30.7 Å². The van der Waals surface area contributed by atoms with Gasteiger partial charge in [-0.3, -0.25) is 0 Å². The average molecular weight is 454 g/mol. The molecule has 0 bridgehead atoms. The fraction of sp³-hybridized carbons (Fsp3) is 0.261. The summed E-state index contributed by atoms with van der Waals surface area (Å²) in [5.74, 6) is 2.95. The molecule has 2 aromatic carbocycles. The lowest BCUT2D eigenvalue weighted by molar-refractivity contribution is 0.355. The summed E-state index contributed by atoms with van der Waals surface area (Å²) in [6, 6.07) is 14.1. The molecule has 0 atom stereocenters. The number of hydrogen-bond donors (Lipinski definition) is 0. The number of thiazole rings is 1. The molecule has 0 aliphatic heterocycles. The molecule has 4 rings (SSSR count). The predicted octanol–water partition coefficient (Wildman–Crippen LogP) is 6.29. The van der Waals surface area contributed by atoms with Crippen LogP contribution in [0.1, 0.15) is 30.2 Å². The molecule has 0 radical (unpaired) electrons. The van der Waals surface area contributed by atoms with Crippen LogP contribution in [0.3, 0.4) is 0 Å². The van der Waals surface area contributed by atoms with Gasteiger partial charge in [0.1, 0.15) is 5.01 Å². The van der Waals surface area contributed by atoms with Crippen LogP contribution in [0.2, 0.25) is 0 Å². The van der Waals surface area contributed by atoms with Gasteiger partial charge in [0.05, 0.1) is 14.2 Å². The summed E-state index contributed by atoms with van der Waals surface area (Å²) < 4.78 is 16.4. The zero-order chi connectivity index (χ0) is 21.8. The van der Waals surface area contributed by atoms with E-state index < -0.39 is 0 Å². The molecule has 160 valence electrons. The van der Waals surface area contributed by atoms with Gasteiger partial charge in [0.15, 0.2) is 11.5 Å². The first kappa shape index (κ1) is 21.4. The molecular weight excluding hydrogens is 430 g/mol. The van der Waals surface area contributed by atoms with Gasteiger partial charge in [-0.05, 0) is 29.7 Å². The number of aromatic nitrogens is 3. The number of benzene rings is 2. The zero-order valence-corrected chi connectivity index (χ0v) is 19.4. The Morgan fingerprint density at radius 3 is 2.42 bits per heavy atom. The number of nitrogens with zero attached hydrogens (tertiary/aromatic N) is 3. The van der Waals surface area contributed by atoms with E-state index in [-0.39, 0.29) is 0 Å². The van der Waals surface area contributed by atoms with Crippen molar-refractivity contribution in [3.8, 4) is 33.5 Å². The summed E-state index contributed by atoms with van der Waals surface area (Å²) >= 11 is 3.18. The van der Waals surface area contributed by atoms with Crippen LogP contribution in [0.4, 0.5) is 0 Å². The molecule has 0 spiro atoms. The summed E-state index contributed by atoms with van der Waals surface area (Å²) in [5.41, 5.74) is 3.25. The van der Waals surface area contributed by atoms with E-state index in [2.05, 4.69) is 53.3 Å². The Morgan fingerprint density at radius 1 is 0.968 bits per heavy atom. The van der Waals surface area contributed by atoms with Crippen molar-refractivity contribution in [2.24, 2.45) is 0 Å². The molecule has 4 aromatic rings. The Hall–Kier alpha value is -2.84. The normalized spacial score (nSPS) is 11.1. The SMILES string of the molecule is COc1ccc(-c2nnc(SCc3cnc(-c4ccc(C(C)C)cc4)s3)o2)cc1OC. The second-order valence-electron chi connectivity index (χ2n) is 7.14. The first-order valence-corrected chi connectivity index (χ1v) is 11.6. The summed E-state index contributed by atoms with van der Waals surface area (Å²) in [4.78, 5) is 5.73. The fourth-order valence-electron chi connectivity index (χ4n) is 3.01. The van der Waals surface area contributed by atoms with Crippen molar-refractivity contribution in [3.05, 3.63) is 59.1 Å². The molecular formula is C23H23N3O3S2. The highest BCUT2D eigenvalue weighted by Gasteiger charge is 2.13. The summed E-state index contributed by atoms with van der Waals surface area (Å²) in [5, 5.41) is 9.84. The summed E-state index contributed by atoms with van der Waals surface area (Å²) in [6.45, 7) is 4.39. The Morgan fingerprint density at radius 2 is 1.71 bits per heavy atom. The second kappa shape index (κ2) is 9.53. The zero-order valence-electron chi connectivity index (χ0n) is 17.8. The van der Waals surface area contributed by atoms with E-state index in [4.69, 9.17) is 13.9 Å². The number of hydrogen-bond acceptors (Lipinski definition) is 8. The topological polar surface area (TPSA) is 70.3 Å². The molecule has 2 aromatic heterocycles. The van der Waals surface area contributed by atoms with Gasteiger partial charge >= 0.3 is 0 Å². The number of thioether (sulfide) groups is 1. The van der Waals surface area contributed by atoms with E-state index in [1.54, 1.807) is 25.6 Å². The average Bonchev–Trinajstić information content (AvgIpc) is 3.47. The van der Waals surface area contributed by atoms with E-state index in [0.717, 1.165) is 26.8 Å². The standard InChI is InChI=1S/C23H23N3O3S2/c1-14(2)15-5-7-16(8-6-15)22-24-12-18(31-22)13-30-23-26-25-21(29-23)17-9-10-19(27-3)20(11-17)28-4/h5-12,14H,13H2,1-4H3. The van der Waals surface area contributed by atoms with Crippen molar-refractivity contribution in [1.29, 1.82) is 0 Å². The van der Waals surface area contributed by atoms with Crippen LogP contribution in [-0.4, -0.2) is 29.4 Å². The summed E-state index contributed by atoms with van der Waals surface area (Å²) in [6.07, 6.45) is 1.91. The van der Waals surface area contributed by atoms with Crippen LogP contribution in [0.15, 0.2) is 58.3 Å². The first-order valence-electron chi connectivity index (χ1n) is 9.81. The van der Waals surface area contributed by atoms with Crippen LogP contribution < -0.4 is 9.47 Å². The van der Waals surface area contributed by atoms with Gasteiger partial charge in [0, 0.05) is 28.0 Å². The first-order chi connectivity index (χ1) is 15.1. The molecule has 0 saturated heterocycles. The minimum atomic E-state index is 0.443. The molecule has 8 heteroatoms. The quantitative estimate of drug-likeness (QED) is 0.290. The van der Waals surface area contributed by atoms with Crippen LogP contribution >= 0.6 is 23.1 Å². The van der Waals surface area contributed by atoms with E-state index >= 15 is 0 Å². The van der Waals surface area contributed by atoms with Crippen molar-refractivity contribution >= 4 is 23.1 Å². The maximum atomic E-state index is 5.82. The van der Waals surface area contributed by atoms with Crippen LogP contribution in [-0.2, 0) is 5.75 Å². The third kappa shape index (κ3) is 4.91. The minimum absolute atomic E-state index is 0.443. The van der Waals surface area contributed by atoms with E-state index in [9.17, 15) is 0 Å². The van der Waals surface area contributed by atoms with Gasteiger partial charge < -0.3 is 13.9 Å². The van der Waals surface area contributed by atoms with Gasteiger partial charge in [-0.25, -0.2) is 4.98 Å². The fourth-order valence-corrected chi connectivity index (χ4v) is 4.71. The van der Waals surface area contributed by atoms with Crippen LogP contribution in [0.5, 0.6) is 11.5 Å². The third-order valence-electron chi connectivity index (χ3n) is 4.75. The lowest BCUT2D eigenvalue weighted by atomic mass is 10.0. The van der Waals surface area contributed by atoms with Crippen molar-refractivity contribution in [1.82, 2.24) is 15.2 Å². The molecule has 0 aliphatic carbocycles. The molecule has 0 aliphatic rings. The van der Waals surface area contributed by atoms with Gasteiger partial charge in [-0.1, -0.05) is 49.9 Å². The Kier molecular flexibility index (Phi) is 6.58. The molecule has 0 N–H and O–H groups in total. The second-order valence-corrected chi connectivity index (χ2v) is 9.18. The highest BCUT2D eigenvalue weighted by atomic mass is 32.2. The minimum Gasteiger partial charge on any atom is -0.493 e.